The lowest BCUT2D eigenvalue weighted by molar-refractivity contribution is -0.135. The van der Waals surface area contributed by atoms with Gasteiger partial charge in [0.1, 0.15) is 6.33 Å². The third-order valence-corrected chi connectivity index (χ3v) is 3.60. The molecule has 0 bridgehead atoms. The molecule has 0 aliphatic carbocycles. The van der Waals surface area contributed by atoms with E-state index in [0.29, 0.717) is 45.6 Å². The molecule has 1 aromatic heterocycles. The van der Waals surface area contributed by atoms with Gasteiger partial charge in [-0.2, -0.15) is 5.10 Å². The van der Waals surface area contributed by atoms with Crippen molar-refractivity contribution in [2.75, 3.05) is 26.3 Å². The Bertz CT molecular complexity index is 426. The molecular formula is C12H21N5O2. The first-order valence-corrected chi connectivity index (χ1v) is 6.57. The van der Waals surface area contributed by atoms with Gasteiger partial charge in [-0.3, -0.25) is 9.48 Å². The molecule has 0 saturated carbocycles. The van der Waals surface area contributed by atoms with Gasteiger partial charge in [-0.05, 0) is 12.8 Å². The first-order valence-electron chi connectivity index (χ1n) is 6.57. The van der Waals surface area contributed by atoms with Crippen LogP contribution in [0.3, 0.4) is 0 Å². The van der Waals surface area contributed by atoms with Gasteiger partial charge in [0.15, 0.2) is 5.82 Å². The van der Waals surface area contributed by atoms with Gasteiger partial charge in [0.2, 0.25) is 5.91 Å². The van der Waals surface area contributed by atoms with Crippen LogP contribution in [-0.4, -0.2) is 47.0 Å². The van der Waals surface area contributed by atoms with Crippen molar-refractivity contribution in [3.8, 4) is 0 Å². The van der Waals surface area contributed by atoms with Crippen molar-refractivity contribution in [3.63, 3.8) is 0 Å². The molecule has 19 heavy (non-hydrogen) atoms. The van der Waals surface area contributed by atoms with E-state index < -0.39 is 5.41 Å². The van der Waals surface area contributed by atoms with Crippen LogP contribution >= 0.6 is 0 Å². The summed E-state index contributed by atoms with van der Waals surface area (Å²) in [7, 11) is 1.82. The van der Waals surface area contributed by atoms with Crippen molar-refractivity contribution in [2.24, 2.45) is 18.2 Å². The van der Waals surface area contributed by atoms with Gasteiger partial charge in [0, 0.05) is 39.8 Å². The van der Waals surface area contributed by atoms with Crippen LogP contribution in [0.5, 0.6) is 0 Å². The lowest BCUT2D eigenvalue weighted by Crippen LogP contribution is -2.49. The zero-order chi connectivity index (χ0) is 13.7. The summed E-state index contributed by atoms with van der Waals surface area (Å²) in [6.45, 7) is 2.11. The zero-order valence-electron chi connectivity index (χ0n) is 11.3. The Morgan fingerprint density at radius 2 is 2.32 bits per heavy atom. The first kappa shape index (κ1) is 14.0. The molecule has 7 nitrogen and oxygen atoms in total. The molecule has 3 N–H and O–H groups in total. The first-order chi connectivity index (χ1) is 9.16. The maximum atomic E-state index is 12.3. The van der Waals surface area contributed by atoms with E-state index in [2.05, 4.69) is 15.4 Å². The zero-order valence-corrected chi connectivity index (χ0v) is 11.3. The molecule has 1 amide bonds. The Kier molecular flexibility index (Phi) is 4.49. The Morgan fingerprint density at radius 1 is 1.58 bits per heavy atom. The van der Waals surface area contributed by atoms with Gasteiger partial charge in [-0.1, -0.05) is 0 Å². The molecule has 1 fully saturated rings. The van der Waals surface area contributed by atoms with Gasteiger partial charge in [0.05, 0.1) is 5.41 Å². The fourth-order valence-corrected chi connectivity index (χ4v) is 2.26. The standard InChI is InChI=1S/C12H21N5O2/c1-17-9-15-10(16-17)2-5-14-11(18)12(8-13)3-6-19-7-4-12/h9H,2-8,13H2,1H3,(H,14,18). The molecule has 0 radical (unpaired) electrons. The Labute approximate surface area is 112 Å². The van der Waals surface area contributed by atoms with E-state index in [-0.39, 0.29) is 5.91 Å². The van der Waals surface area contributed by atoms with Crippen LogP contribution in [0.4, 0.5) is 0 Å². The van der Waals surface area contributed by atoms with Crippen molar-refractivity contribution < 1.29 is 9.53 Å². The van der Waals surface area contributed by atoms with Gasteiger partial charge in [0.25, 0.3) is 0 Å². The highest BCUT2D eigenvalue weighted by Gasteiger charge is 2.38. The fraction of sp³-hybridized carbons (Fsp3) is 0.750. The average molecular weight is 267 g/mol. The van der Waals surface area contributed by atoms with E-state index in [1.165, 1.54) is 0 Å². The van der Waals surface area contributed by atoms with Crippen LogP contribution in [0.25, 0.3) is 0 Å². The predicted octanol–water partition coefficient (Wildman–Crippen LogP) is -0.771. The lowest BCUT2D eigenvalue weighted by atomic mass is 9.79. The second-order valence-corrected chi connectivity index (χ2v) is 4.94. The minimum Gasteiger partial charge on any atom is -0.381 e. The molecule has 2 rings (SSSR count). The molecule has 1 saturated heterocycles. The quantitative estimate of drug-likeness (QED) is 0.730. The summed E-state index contributed by atoms with van der Waals surface area (Å²) in [6.07, 6.45) is 3.66. The molecule has 1 aromatic rings. The van der Waals surface area contributed by atoms with E-state index in [9.17, 15) is 4.79 Å². The summed E-state index contributed by atoms with van der Waals surface area (Å²) in [5.74, 6) is 0.755. The number of nitrogens with two attached hydrogens (primary N) is 1. The van der Waals surface area contributed by atoms with E-state index in [0.717, 1.165) is 5.82 Å². The molecule has 1 aliphatic heterocycles. The highest BCUT2D eigenvalue weighted by molar-refractivity contribution is 5.83. The Morgan fingerprint density at radius 3 is 2.89 bits per heavy atom. The van der Waals surface area contributed by atoms with Crippen LogP contribution in [0.1, 0.15) is 18.7 Å². The van der Waals surface area contributed by atoms with Crippen molar-refractivity contribution in [1.82, 2.24) is 20.1 Å². The highest BCUT2D eigenvalue weighted by Crippen LogP contribution is 2.29. The van der Waals surface area contributed by atoms with Gasteiger partial charge in [-0.25, -0.2) is 4.98 Å². The van der Waals surface area contributed by atoms with E-state index in [1.54, 1.807) is 11.0 Å². The van der Waals surface area contributed by atoms with Crippen molar-refractivity contribution in [1.29, 1.82) is 0 Å². The average Bonchev–Trinajstić information content (AvgIpc) is 2.85. The maximum Gasteiger partial charge on any atom is 0.227 e. The number of rotatable bonds is 5. The highest BCUT2D eigenvalue weighted by atomic mass is 16.5. The summed E-state index contributed by atoms with van der Waals surface area (Å²) in [6, 6.07) is 0. The number of hydrogen-bond acceptors (Lipinski definition) is 5. The molecular weight excluding hydrogens is 246 g/mol. The van der Waals surface area contributed by atoms with Crippen LogP contribution in [-0.2, 0) is 23.0 Å². The molecule has 106 valence electrons. The van der Waals surface area contributed by atoms with E-state index >= 15 is 0 Å². The van der Waals surface area contributed by atoms with Crippen LogP contribution < -0.4 is 11.1 Å². The number of hydrogen-bond donors (Lipinski definition) is 2. The monoisotopic (exact) mass is 267 g/mol. The third kappa shape index (κ3) is 3.30. The molecule has 0 spiro atoms. The smallest absolute Gasteiger partial charge is 0.227 e. The van der Waals surface area contributed by atoms with Crippen LogP contribution in [0.15, 0.2) is 6.33 Å². The SMILES string of the molecule is Cn1cnc(CCNC(=O)C2(CN)CCOCC2)n1. The minimum atomic E-state index is -0.463. The number of carbonyl (C=O) groups is 1. The van der Waals surface area contributed by atoms with Gasteiger partial charge >= 0.3 is 0 Å². The van der Waals surface area contributed by atoms with Crippen LogP contribution in [0.2, 0.25) is 0 Å². The second kappa shape index (κ2) is 6.12. The number of nitrogens with one attached hydrogen (secondary N) is 1. The number of ether oxygens (including phenoxy) is 1. The largest absolute Gasteiger partial charge is 0.381 e. The topological polar surface area (TPSA) is 95.1 Å². The second-order valence-electron chi connectivity index (χ2n) is 4.94. The van der Waals surface area contributed by atoms with E-state index in [4.69, 9.17) is 10.5 Å². The maximum absolute atomic E-state index is 12.3. The molecule has 0 atom stereocenters. The fourth-order valence-electron chi connectivity index (χ4n) is 2.26. The van der Waals surface area contributed by atoms with E-state index in [1.807, 2.05) is 7.05 Å². The molecule has 0 aromatic carbocycles. The normalized spacial score (nSPS) is 18.2. The number of amides is 1. The number of nitrogens with zero attached hydrogens (tertiary/aromatic N) is 3. The Hall–Kier alpha value is -1.47. The third-order valence-electron chi connectivity index (χ3n) is 3.60. The summed E-state index contributed by atoms with van der Waals surface area (Å²) in [4.78, 5) is 16.4. The van der Waals surface area contributed by atoms with Crippen molar-refractivity contribution in [3.05, 3.63) is 12.2 Å². The summed E-state index contributed by atoms with van der Waals surface area (Å²) in [5, 5.41) is 7.11. The van der Waals surface area contributed by atoms with Crippen LogP contribution in [0, 0.1) is 5.41 Å². The molecule has 2 heterocycles. The minimum absolute atomic E-state index is 0.0224. The van der Waals surface area contributed by atoms with Crippen molar-refractivity contribution in [2.45, 2.75) is 19.3 Å². The lowest BCUT2D eigenvalue weighted by Gasteiger charge is -2.34. The Balaban J connectivity index is 1.82. The molecule has 7 heteroatoms. The summed E-state index contributed by atoms with van der Waals surface area (Å²) >= 11 is 0. The number of aromatic nitrogens is 3. The molecule has 1 aliphatic rings. The van der Waals surface area contributed by atoms with Gasteiger partial charge < -0.3 is 15.8 Å². The van der Waals surface area contributed by atoms with Gasteiger partial charge in [-0.15, -0.1) is 0 Å². The number of aryl methyl sites for hydroxylation is 1. The summed E-state index contributed by atoms with van der Waals surface area (Å²) in [5.41, 5.74) is 5.32. The predicted molar refractivity (Wildman–Crippen MR) is 69.3 cm³/mol. The number of carbonyl (C=O) groups excluding carboxylic acids is 1. The van der Waals surface area contributed by atoms with Crippen molar-refractivity contribution >= 4 is 5.91 Å². The molecule has 0 unspecified atom stereocenters. The summed E-state index contributed by atoms with van der Waals surface area (Å²) < 4.78 is 6.94.